The Balaban J connectivity index is 1.86. The average Bonchev–Trinajstić information content (AvgIpc) is 3.03. The molecule has 0 fully saturated rings. The molecule has 2 amide bonds. The highest BCUT2D eigenvalue weighted by Gasteiger charge is 2.36. The molecule has 0 saturated heterocycles. The molecular weight excluding hydrogens is 688 g/mol. The topological polar surface area (TPSA) is 86.8 Å². The van der Waals surface area contributed by atoms with Gasteiger partial charge in [0.1, 0.15) is 12.6 Å². The van der Waals surface area contributed by atoms with E-state index in [-0.39, 0.29) is 39.6 Å². The van der Waals surface area contributed by atoms with Crippen molar-refractivity contribution in [2.45, 2.75) is 50.2 Å². The standard InChI is InChI=1S/C34H33Cl4N3O4S/c1-3-23(2)39-34(43)32(19-24-11-6-4-7-12-24)40(21-27-28(36)15-10-16-29(27)37)33(42)22-41(31-18-17-25(35)20-30(31)38)46(44,45)26-13-8-5-9-14-26/h4-18,20,23,32H,3,19,21-22H2,1-2H3,(H,39,43)/t23-,32-/m1/s1. The molecule has 0 unspecified atom stereocenters. The fourth-order valence-corrected chi connectivity index (χ4v) is 7.30. The second-order valence-corrected chi connectivity index (χ2v) is 14.2. The number of benzene rings is 4. The van der Waals surface area contributed by atoms with Crippen LogP contribution in [0.4, 0.5) is 5.69 Å². The summed E-state index contributed by atoms with van der Waals surface area (Å²) in [5, 5.41) is 3.89. The van der Waals surface area contributed by atoms with E-state index in [1.165, 1.54) is 35.2 Å². The van der Waals surface area contributed by atoms with Crippen LogP contribution in [0.25, 0.3) is 0 Å². The number of nitrogens with zero attached hydrogens (tertiary/aromatic N) is 2. The van der Waals surface area contributed by atoms with Crippen LogP contribution in [0.1, 0.15) is 31.4 Å². The van der Waals surface area contributed by atoms with Crippen LogP contribution < -0.4 is 9.62 Å². The number of anilines is 1. The van der Waals surface area contributed by atoms with Crippen molar-refractivity contribution < 1.29 is 18.0 Å². The average molecular weight is 722 g/mol. The van der Waals surface area contributed by atoms with E-state index in [0.717, 1.165) is 9.87 Å². The van der Waals surface area contributed by atoms with Crippen LogP contribution in [0.3, 0.4) is 0 Å². The molecule has 0 heterocycles. The Morgan fingerprint density at radius 3 is 2.00 bits per heavy atom. The lowest BCUT2D eigenvalue weighted by Gasteiger charge is -2.34. The van der Waals surface area contributed by atoms with Crippen LogP contribution in [0, 0.1) is 0 Å². The first-order valence-corrected chi connectivity index (χ1v) is 17.5. The summed E-state index contributed by atoms with van der Waals surface area (Å²) in [6, 6.07) is 25.0. The molecule has 12 heteroatoms. The van der Waals surface area contributed by atoms with Crippen molar-refractivity contribution in [1.29, 1.82) is 0 Å². The van der Waals surface area contributed by atoms with Gasteiger partial charge in [0, 0.05) is 39.6 Å². The Morgan fingerprint density at radius 1 is 0.804 bits per heavy atom. The van der Waals surface area contributed by atoms with Gasteiger partial charge in [-0.3, -0.25) is 13.9 Å². The highest BCUT2D eigenvalue weighted by atomic mass is 35.5. The zero-order chi connectivity index (χ0) is 33.4. The maximum absolute atomic E-state index is 14.6. The number of nitrogens with one attached hydrogen (secondary N) is 1. The number of rotatable bonds is 13. The second-order valence-electron chi connectivity index (χ2n) is 10.7. The Labute approximate surface area is 290 Å². The van der Waals surface area contributed by atoms with Gasteiger partial charge < -0.3 is 10.2 Å². The van der Waals surface area contributed by atoms with Crippen LogP contribution >= 0.6 is 46.4 Å². The lowest BCUT2D eigenvalue weighted by molar-refractivity contribution is -0.140. The van der Waals surface area contributed by atoms with Gasteiger partial charge in [0.15, 0.2) is 0 Å². The molecule has 0 aliphatic carbocycles. The summed E-state index contributed by atoms with van der Waals surface area (Å²) in [7, 11) is -4.33. The zero-order valence-electron chi connectivity index (χ0n) is 25.2. The fraction of sp³-hybridized carbons (Fsp3) is 0.235. The minimum Gasteiger partial charge on any atom is -0.352 e. The molecule has 0 bridgehead atoms. The first-order valence-electron chi connectivity index (χ1n) is 14.5. The van der Waals surface area contributed by atoms with Gasteiger partial charge >= 0.3 is 0 Å². The number of sulfonamides is 1. The minimum atomic E-state index is -4.33. The van der Waals surface area contributed by atoms with Gasteiger partial charge in [-0.1, -0.05) is 108 Å². The Hall–Kier alpha value is -3.27. The third kappa shape index (κ3) is 8.75. The van der Waals surface area contributed by atoms with Crippen molar-refractivity contribution in [3.63, 3.8) is 0 Å². The van der Waals surface area contributed by atoms with Gasteiger partial charge in [-0.25, -0.2) is 8.42 Å². The SMILES string of the molecule is CC[C@@H](C)NC(=O)[C@@H](Cc1ccccc1)N(Cc1c(Cl)cccc1Cl)C(=O)CN(c1ccc(Cl)cc1Cl)S(=O)(=O)c1ccccc1. The highest BCUT2D eigenvalue weighted by Crippen LogP contribution is 2.34. The van der Waals surface area contributed by atoms with Gasteiger partial charge in [-0.15, -0.1) is 0 Å². The first kappa shape index (κ1) is 35.6. The summed E-state index contributed by atoms with van der Waals surface area (Å²) in [4.78, 5) is 29.8. The largest absolute Gasteiger partial charge is 0.352 e. The Kier molecular flexibility index (Phi) is 12.4. The number of carbonyl (C=O) groups is 2. The van der Waals surface area contributed by atoms with E-state index in [1.54, 1.807) is 36.4 Å². The van der Waals surface area contributed by atoms with Gasteiger partial charge in [-0.2, -0.15) is 0 Å². The molecule has 0 aromatic heterocycles. The summed E-state index contributed by atoms with van der Waals surface area (Å²) in [6.45, 7) is 2.94. The van der Waals surface area contributed by atoms with Crippen LogP contribution in [-0.2, 0) is 32.6 Å². The van der Waals surface area contributed by atoms with Gasteiger partial charge in [-0.05, 0) is 61.4 Å². The first-order chi connectivity index (χ1) is 21.9. The molecule has 242 valence electrons. The molecular formula is C34H33Cl4N3O4S. The normalized spacial score (nSPS) is 12.7. The number of halogens is 4. The fourth-order valence-electron chi connectivity index (χ4n) is 4.77. The van der Waals surface area contributed by atoms with Crippen molar-refractivity contribution in [1.82, 2.24) is 10.2 Å². The summed E-state index contributed by atoms with van der Waals surface area (Å²) in [5.74, 6) is -1.08. The van der Waals surface area contributed by atoms with Gasteiger partial charge in [0.05, 0.1) is 15.6 Å². The molecule has 4 rings (SSSR count). The highest BCUT2D eigenvalue weighted by molar-refractivity contribution is 7.92. The van der Waals surface area contributed by atoms with Crippen molar-refractivity contribution in [2.75, 3.05) is 10.8 Å². The third-order valence-corrected chi connectivity index (χ3v) is 10.5. The van der Waals surface area contributed by atoms with Crippen LogP contribution in [0.5, 0.6) is 0 Å². The smallest absolute Gasteiger partial charge is 0.264 e. The van der Waals surface area contributed by atoms with E-state index < -0.39 is 34.4 Å². The van der Waals surface area contributed by atoms with Crippen molar-refractivity contribution in [2.24, 2.45) is 0 Å². The predicted molar refractivity (Wildman–Crippen MR) is 186 cm³/mol. The van der Waals surface area contributed by atoms with E-state index >= 15 is 0 Å². The van der Waals surface area contributed by atoms with Crippen molar-refractivity contribution in [3.8, 4) is 0 Å². The third-order valence-electron chi connectivity index (χ3n) is 7.45. The molecule has 0 saturated carbocycles. The molecule has 46 heavy (non-hydrogen) atoms. The number of hydrogen-bond donors (Lipinski definition) is 1. The molecule has 7 nitrogen and oxygen atoms in total. The lowest BCUT2D eigenvalue weighted by Crippen LogP contribution is -2.54. The maximum atomic E-state index is 14.6. The lowest BCUT2D eigenvalue weighted by atomic mass is 10.0. The van der Waals surface area contributed by atoms with Crippen LogP contribution in [0.15, 0.2) is 102 Å². The van der Waals surface area contributed by atoms with E-state index in [2.05, 4.69) is 5.32 Å². The Bertz CT molecular complexity index is 1760. The van der Waals surface area contributed by atoms with E-state index in [0.29, 0.717) is 22.0 Å². The maximum Gasteiger partial charge on any atom is 0.264 e. The van der Waals surface area contributed by atoms with Gasteiger partial charge in [0.2, 0.25) is 11.8 Å². The van der Waals surface area contributed by atoms with Crippen molar-refractivity contribution >= 4 is 73.9 Å². The Morgan fingerprint density at radius 2 is 1.41 bits per heavy atom. The molecule has 0 aliphatic rings. The quantitative estimate of drug-likeness (QED) is 0.152. The van der Waals surface area contributed by atoms with E-state index in [1.807, 2.05) is 44.2 Å². The van der Waals surface area contributed by atoms with Crippen molar-refractivity contribution in [3.05, 3.63) is 128 Å². The molecule has 2 atom stereocenters. The molecule has 4 aromatic rings. The number of carbonyl (C=O) groups excluding carboxylic acids is 2. The zero-order valence-corrected chi connectivity index (χ0v) is 29.0. The molecule has 0 aliphatic heterocycles. The summed E-state index contributed by atoms with van der Waals surface area (Å²) in [5.41, 5.74) is 1.25. The summed E-state index contributed by atoms with van der Waals surface area (Å²) < 4.78 is 29.2. The van der Waals surface area contributed by atoms with Gasteiger partial charge in [0.25, 0.3) is 10.0 Å². The molecule has 4 aromatic carbocycles. The van der Waals surface area contributed by atoms with Crippen LogP contribution in [0.2, 0.25) is 20.1 Å². The second kappa shape index (κ2) is 16.0. The number of hydrogen-bond acceptors (Lipinski definition) is 4. The number of amides is 2. The predicted octanol–water partition coefficient (Wildman–Crippen LogP) is 8.05. The van der Waals surface area contributed by atoms with E-state index in [9.17, 15) is 18.0 Å². The van der Waals surface area contributed by atoms with E-state index in [4.69, 9.17) is 46.4 Å². The molecule has 0 spiro atoms. The molecule has 1 N–H and O–H groups in total. The van der Waals surface area contributed by atoms with Crippen LogP contribution in [-0.4, -0.2) is 43.8 Å². The molecule has 0 radical (unpaired) electrons. The monoisotopic (exact) mass is 719 g/mol. The summed E-state index contributed by atoms with van der Waals surface area (Å²) in [6.07, 6.45) is 0.802. The summed E-state index contributed by atoms with van der Waals surface area (Å²) >= 11 is 25.8. The minimum absolute atomic E-state index is 0.0239.